The molecule has 0 saturated carbocycles. The number of aromatic nitrogens is 1. The molecule has 90 valence electrons. The van der Waals surface area contributed by atoms with Crippen molar-refractivity contribution >= 4 is 5.57 Å². The predicted molar refractivity (Wildman–Crippen MR) is 78.1 cm³/mol. The fourth-order valence-corrected chi connectivity index (χ4v) is 1.92. The van der Waals surface area contributed by atoms with Crippen LogP contribution in [0.2, 0.25) is 0 Å². The van der Waals surface area contributed by atoms with Gasteiger partial charge in [0.25, 0.3) is 0 Å². The molecule has 0 amide bonds. The van der Waals surface area contributed by atoms with E-state index in [1.54, 1.807) is 0 Å². The van der Waals surface area contributed by atoms with Gasteiger partial charge in [0.2, 0.25) is 0 Å². The van der Waals surface area contributed by atoms with E-state index >= 15 is 0 Å². The van der Waals surface area contributed by atoms with Gasteiger partial charge in [-0.3, -0.25) is 4.98 Å². The third-order valence-corrected chi connectivity index (χ3v) is 2.82. The number of hydrogen-bond acceptors (Lipinski definition) is 1. The summed E-state index contributed by atoms with van der Waals surface area (Å²) in [6.45, 7) is 4.08. The van der Waals surface area contributed by atoms with Crippen LogP contribution in [0.5, 0.6) is 0 Å². The van der Waals surface area contributed by atoms with Crippen LogP contribution in [0.3, 0.4) is 0 Å². The van der Waals surface area contributed by atoms with Gasteiger partial charge in [-0.15, -0.1) is 0 Å². The largest absolute Gasteiger partial charge is 0.256 e. The molecule has 0 atom stereocenters. The first kappa shape index (κ1) is 12.3. The van der Waals surface area contributed by atoms with Crippen molar-refractivity contribution in [3.63, 3.8) is 0 Å². The van der Waals surface area contributed by atoms with Crippen LogP contribution in [-0.4, -0.2) is 4.98 Å². The molecule has 0 aliphatic rings. The Labute approximate surface area is 109 Å². The second-order valence-electron chi connectivity index (χ2n) is 4.04. The zero-order chi connectivity index (χ0) is 12.8. The first-order valence-corrected chi connectivity index (χ1v) is 6.16. The van der Waals surface area contributed by atoms with Crippen LogP contribution in [0, 0.1) is 0 Å². The number of allylic oxidation sites excluding steroid dienone is 4. The van der Waals surface area contributed by atoms with Gasteiger partial charge in [-0.25, -0.2) is 0 Å². The van der Waals surface area contributed by atoms with Crippen molar-refractivity contribution in [3.8, 4) is 11.3 Å². The molecule has 1 aromatic carbocycles. The van der Waals surface area contributed by atoms with Crippen molar-refractivity contribution in [1.29, 1.82) is 0 Å². The highest BCUT2D eigenvalue weighted by Gasteiger charge is 2.01. The highest BCUT2D eigenvalue weighted by molar-refractivity contribution is 5.76. The van der Waals surface area contributed by atoms with Gasteiger partial charge in [0.15, 0.2) is 0 Å². The third kappa shape index (κ3) is 2.75. The van der Waals surface area contributed by atoms with E-state index in [1.165, 1.54) is 11.1 Å². The zero-order valence-electron chi connectivity index (χ0n) is 10.8. The van der Waals surface area contributed by atoms with Gasteiger partial charge in [-0.2, -0.15) is 0 Å². The fourth-order valence-electron chi connectivity index (χ4n) is 1.92. The second kappa shape index (κ2) is 5.97. The molecule has 0 unspecified atom stereocenters. The molecule has 0 saturated heterocycles. The molecule has 0 N–H and O–H groups in total. The van der Waals surface area contributed by atoms with Gasteiger partial charge >= 0.3 is 0 Å². The maximum Gasteiger partial charge on any atom is 0.0708 e. The van der Waals surface area contributed by atoms with Crippen molar-refractivity contribution in [2.45, 2.75) is 13.8 Å². The Morgan fingerprint density at radius 2 is 1.83 bits per heavy atom. The summed E-state index contributed by atoms with van der Waals surface area (Å²) in [7, 11) is 0. The summed E-state index contributed by atoms with van der Waals surface area (Å²) in [4.78, 5) is 4.44. The molecular formula is C17H17N. The zero-order valence-corrected chi connectivity index (χ0v) is 10.8. The minimum Gasteiger partial charge on any atom is -0.256 e. The van der Waals surface area contributed by atoms with Crippen molar-refractivity contribution < 1.29 is 0 Å². The Balaban J connectivity index is 2.43. The first-order chi connectivity index (χ1) is 8.85. The maximum atomic E-state index is 4.44. The average molecular weight is 235 g/mol. The molecule has 2 rings (SSSR count). The van der Waals surface area contributed by atoms with E-state index in [2.05, 4.69) is 48.3 Å². The fraction of sp³-hybridized carbons (Fsp3) is 0.118. The Hall–Kier alpha value is -2.15. The molecule has 0 bridgehead atoms. The first-order valence-electron chi connectivity index (χ1n) is 6.16. The van der Waals surface area contributed by atoms with Crippen molar-refractivity contribution in [2.24, 2.45) is 0 Å². The lowest BCUT2D eigenvalue weighted by Crippen LogP contribution is -1.87. The molecule has 1 nitrogen and oxygen atoms in total. The molecule has 0 aliphatic heterocycles. The lowest BCUT2D eigenvalue weighted by Gasteiger charge is -2.05. The molecule has 0 spiro atoms. The topological polar surface area (TPSA) is 12.9 Å². The lowest BCUT2D eigenvalue weighted by molar-refractivity contribution is 1.31. The second-order valence-corrected chi connectivity index (χ2v) is 4.04. The van der Waals surface area contributed by atoms with Crippen LogP contribution < -0.4 is 0 Å². The van der Waals surface area contributed by atoms with Crippen LogP contribution in [-0.2, 0) is 0 Å². The average Bonchev–Trinajstić information content (AvgIpc) is 2.46. The van der Waals surface area contributed by atoms with E-state index < -0.39 is 0 Å². The summed E-state index contributed by atoms with van der Waals surface area (Å²) in [5.74, 6) is 0. The van der Waals surface area contributed by atoms with Gasteiger partial charge in [0.05, 0.1) is 5.69 Å². The Morgan fingerprint density at radius 3 is 2.50 bits per heavy atom. The molecule has 2 aromatic rings. The van der Waals surface area contributed by atoms with E-state index in [4.69, 9.17) is 0 Å². The number of benzene rings is 1. The third-order valence-electron chi connectivity index (χ3n) is 2.82. The molecule has 0 aliphatic carbocycles. The van der Waals surface area contributed by atoms with Crippen LogP contribution in [0.4, 0.5) is 0 Å². The van der Waals surface area contributed by atoms with E-state index in [0.717, 1.165) is 11.3 Å². The lowest BCUT2D eigenvalue weighted by atomic mass is 10.0. The predicted octanol–water partition coefficient (Wildman–Crippen LogP) is 4.73. The van der Waals surface area contributed by atoms with E-state index in [-0.39, 0.29) is 0 Å². The summed E-state index contributed by atoms with van der Waals surface area (Å²) < 4.78 is 0. The Bertz CT molecular complexity index is 565. The molecule has 0 radical (unpaired) electrons. The molecule has 1 aromatic heterocycles. The summed E-state index contributed by atoms with van der Waals surface area (Å²) in [5.41, 5.74) is 4.58. The van der Waals surface area contributed by atoms with Gasteiger partial charge < -0.3 is 0 Å². The minimum absolute atomic E-state index is 1.01. The molecule has 0 fully saturated rings. The van der Waals surface area contributed by atoms with Gasteiger partial charge in [-0.1, -0.05) is 48.6 Å². The number of hydrogen-bond donors (Lipinski definition) is 0. The van der Waals surface area contributed by atoms with E-state index in [1.807, 2.05) is 37.4 Å². The maximum absolute atomic E-state index is 4.44. The van der Waals surface area contributed by atoms with E-state index in [0.29, 0.717) is 0 Å². The summed E-state index contributed by atoms with van der Waals surface area (Å²) >= 11 is 0. The van der Waals surface area contributed by atoms with Crippen molar-refractivity contribution in [2.75, 3.05) is 0 Å². The number of pyridine rings is 1. The smallest absolute Gasteiger partial charge is 0.0708 e. The van der Waals surface area contributed by atoms with Crippen LogP contribution in [0.25, 0.3) is 16.8 Å². The quantitative estimate of drug-likeness (QED) is 0.701. The molecule has 18 heavy (non-hydrogen) atoms. The molecule has 1 heteroatoms. The Morgan fingerprint density at radius 1 is 1.06 bits per heavy atom. The highest BCUT2D eigenvalue weighted by Crippen LogP contribution is 2.22. The van der Waals surface area contributed by atoms with Crippen LogP contribution >= 0.6 is 0 Å². The highest BCUT2D eigenvalue weighted by atomic mass is 14.7. The minimum atomic E-state index is 1.01. The Kier molecular flexibility index (Phi) is 4.08. The van der Waals surface area contributed by atoms with Crippen LogP contribution in [0.1, 0.15) is 19.4 Å². The molecule has 1 heterocycles. The summed E-state index contributed by atoms with van der Waals surface area (Å²) in [6.07, 6.45) is 8.15. The van der Waals surface area contributed by atoms with Gasteiger partial charge in [0.1, 0.15) is 0 Å². The van der Waals surface area contributed by atoms with Crippen molar-refractivity contribution in [3.05, 3.63) is 72.5 Å². The van der Waals surface area contributed by atoms with E-state index in [9.17, 15) is 0 Å². The standard InChI is InChI=1S/C17H17N/c1-3-8-14(4-2)16-11-12-18-17(13-16)15-9-6-5-7-10-15/h3-13H,1-2H3/b8-3-,14-4+. The summed E-state index contributed by atoms with van der Waals surface area (Å²) in [5, 5.41) is 0. The van der Waals surface area contributed by atoms with Gasteiger partial charge in [-0.05, 0) is 37.1 Å². The van der Waals surface area contributed by atoms with Crippen molar-refractivity contribution in [1.82, 2.24) is 4.98 Å². The normalized spacial score (nSPS) is 12.0. The number of rotatable bonds is 3. The van der Waals surface area contributed by atoms with Gasteiger partial charge in [0, 0.05) is 11.8 Å². The number of nitrogens with zero attached hydrogens (tertiary/aromatic N) is 1. The SMILES string of the molecule is C/C=C\C(=C/C)c1ccnc(-c2ccccc2)c1. The molecular weight excluding hydrogens is 218 g/mol. The monoisotopic (exact) mass is 235 g/mol. The van der Waals surface area contributed by atoms with Crippen LogP contribution in [0.15, 0.2) is 66.9 Å². The summed E-state index contributed by atoms with van der Waals surface area (Å²) in [6, 6.07) is 14.4.